The highest BCUT2D eigenvalue weighted by molar-refractivity contribution is 5.44. The van der Waals surface area contributed by atoms with Gasteiger partial charge in [0.2, 0.25) is 0 Å². The fraction of sp³-hybridized carbons (Fsp3) is 0.722. The molecule has 3 heteroatoms. The molecule has 21 heavy (non-hydrogen) atoms. The first-order valence-electron chi connectivity index (χ1n) is 8.49. The Morgan fingerprint density at radius 2 is 2.05 bits per heavy atom. The van der Waals surface area contributed by atoms with Gasteiger partial charge >= 0.3 is 0 Å². The van der Waals surface area contributed by atoms with E-state index in [2.05, 4.69) is 48.1 Å². The highest BCUT2D eigenvalue weighted by Crippen LogP contribution is 2.38. The van der Waals surface area contributed by atoms with Gasteiger partial charge in [-0.1, -0.05) is 12.8 Å². The number of hydrogen-bond acceptors (Lipinski definition) is 3. The molecule has 1 aliphatic heterocycles. The maximum atomic E-state index is 4.66. The molecule has 1 N–H and O–H groups in total. The lowest BCUT2D eigenvalue weighted by Crippen LogP contribution is -2.36. The lowest BCUT2D eigenvalue weighted by Gasteiger charge is -2.32. The second-order valence-corrected chi connectivity index (χ2v) is 7.72. The Bertz CT molecular complexity index is 478. The average molecular weight is 287 g/mol. The minimum absolute atomic E-state index is 0.158. The normalized spacial score (nSPS) is 26.0. The van der Waals surface area contributed by atoms with Crippen LogP contribution in [0.3, 0.4) is 0 Å². The summed E-state index contributed by atoms with van der Waals surface area (Å²) in [6.07, 6.45) is 8.94. The zero-order chi connectivity index (χ0) is 14.9. The molecule has 0 spiro atoms. The summed E-state index contributed by atoms with van der Waals surface area (Å²) >= 11 is 0. The van der Waals surface area contributed by atoms with Crippen LogP contribution >= 0.6 is 0 Å². The van der Waals surface area contributed by atoms with Crippen molar-refractivity contribution in [1.29, 1.82) is 0 Å². The van der Waals surface area contributed by atoms with Crippen molar-refractivity contribution in [3.8, 4) is 0 Å². The summed E-state index contributed by atoms with van der Waals surface area (Å²) in [6.45, 7) is 8.74. The van der Waals surface area contributed by atoms with E-state index in [0.717, 1.165) is 18.5 Å². The Balaban J connectivity index is 1.71. The van der Waals surface area contributed by atoms with Crippen molar-refractivity contribution in [3.05, 3.63) is 23.9 Å². The van der Waals surface area contributed by atoms with Crippen LogP contribution in [-0.2, 0) is 6.54 Å². The van der Waals surface area contributed by atoms with Gasteiger partial charge in [0.1, 0.15) is 5.82 Å². The molecule has 0 aromatic carbocycles. The fourth-order valence-corrected chi connectivity index (χ4v) is 3.79. The van der Waals surface area contributed by atoms with Gasteiger partial charge in [-0.25, -0.2) is 4.98 Å². The minimum atomic E-state index is 0.158. The number of fused-ring (bicyclic) bond motifs is 1. The van der Waals surface area contributed by atoms with Crippen LogP contribution in [0.2, 0.25) is 0 Å². The van der Waals surface area contributed by atoms with Crippen molar-refractivity contribution in [3.63, 3.8) is 0 Å². The molecule has 2 aliphatic rings. The molecule has 2 unspecified atom stereocenters. The van der Waals surface area contributed by atoms with E-state index in [1.54, 1.807) is 0 Å². The Kier molecular flexibility index (Phi) is 4.21. The largest absolute Gasteiger partial charge is 0.353 e. The van der Waals surface area contributed by atoms with Crippen molar-refractivity contribution in [2.24, 2.45) is 5.92 Å². The van der Waals surface area contributed by atoms with E-state index in [9.17, 15) is 0 Å². The van der Waals surface area contributed by atoms with Crippen molar-refractivity contribution >= 4 is 5.82 Å². The predicted molar refractivity (Wildman–Crippen MR) is 88.5 cm³/mol. The van der Waals surface area contributed by atoms with Gasteiger partial charge in [0.25, 0.3) is 0 Å². The highest BCUT2D eigenvalue weighted by Gasteiger charge is 2.36. The third-order valence-corrected chi connectivity index (χ3v) is 4.94. The van der Waals surface area contributed by atoms with Gasteiger partial charge < -0.3 is 10.2 Å². The van der Waals surface area contributed by atoms with Crippen LogP contribution in [0, 0.1) is 5.92 Å². The molecular weight excluding hydrogens is 258 g/mol. The van der Waals surface area contributed by atoms with Gasteiger partial charge in [-0.05, 0) is 63.6 Å². The summed E-state index contributed by atoms with van der Waals surface area (Å²) in [5.74, 6) is 2.11. The second kappa shape index (κ2) is 5.96. The molecule has 1 aliphatic carbocycles. The molecule has 1 aromatic heterocycles. The van der Waals surface area contributed by atoms with Crippen molar-refractivity contribution < 1.29 is 0 Å². The van der Waals surface area contributed by atoms with Crippen molar-refractivity contribution in [2.45, 2.75) is 71.0 Å². The smallest absolute Gasteiger partial charge is 0.129 e. The summed E-state index contributed by atoms with van der Waals surface area (Å²) < 4.78 is 0. The summed E-state index contributed by atoms with van der Waals surface area (Å²) in [5, 5.41) is 3.57. The maximum Gasteiger partial charge on any atom is 0.129 e. The molecular formula is C18H29N3. The van der Waals surface area contributed by atoms with Crippen LogP contribution in [0.1, 0.15) is 58.4 Å². The molecule has 2 atom stereocenters. The van der Waals surface area contributed by atoms with Gasteiger partial charge in [0.15, 0.2) is 0 Å². The topological polar surface area (TPSA) is 28.2 Å². The van der Waals surface area contributed by atoms with Gasteiger partial charge in [-0.3, -0.25) is 0 Å². The maximum absolute atomic E-state index is 4.66. The van der Waals surface area contributed by atoms with E-state index in [-0.39, 0.29) is 5.54 Å². The first-order valence-corrected chi connectivity index (χ1v) is 8.49. The molecule has 2 heterocycles. The molecule has 3 rings (SSSR count). The zero-order valence-electron chi connectivity index (χ0n) is 13.7. The number of rotatable bonds is 3. The molecule has 3 nitrogen and oxygen atoms in total. The van der Waals surface area contributed by atoms with Gasteiger partial charge in [-0.2, -0.15) is 0 Å². The third-order valence-electron chi connectivity index (χ3n) is 4.94. The molecule has 2 fully saturated rings. The molecule has 0 bridgehead atoms. The lowest BCUT2D eigenvalue weighted by atomic mass is 9.85. The number of nitrogens with one attached hydrogen (secondary N) is 1. The quantitative estimate of drug-likeness (QED) is 0.918. The molecule has 1 saturated heterocycles. The van der Waals surface area contributed by atoms with E-state index in [1.165, 1.54) is 50.0 Å². The first kappa shape index (κ1) is 14.8. The summed E-state index contributed by atoms with van der Waals surface area (Å²) in [6, 6.07) is 5.17. The molecule has 0 amide bonds. The van der Waals surface area contributed by atoms with Gasteiger partial charge in [0, 0.05) is 30.9 Å². The van der Waals surface area contributed by atoms with Crippen LogP contribution in [0.4, 0.5) is 5.82 Å². The Morgan fingerprint density at radius 1 is 1.24 bits per heavy atom. The molecule has 1 aromatic rings. The summed E-state index contributed by atoms with van der Waals surface area (Å²) in [7, 11) is 0. The standard InChI is InChI=1S/C18H29N3/c1-18(2,3)20-13-14-8-10-19-17(12-14)21-11-9-15-6-4-5-7-16(15)21/h8,10,12,15-16,20H,4-7,9,11,13H2,1-3H3. The van der Waals surface area contributed by atoms with Crippen LogP contribution in [0.15, 0.2) is 18.3 Å². The second-order valence-electron chi connectivity index (χ2n) is 7.72. The number of aromatic nitrogens is 1. The molecule has 1 saturated carbocycles. The fourth-order valence-electron chi connectivity index (χ4n) is 3.79. The molecule has 116 valence electrons. The predicted octanol–water partition coefficient (Wildman–Crippen LogP) is 3.74. The average Bonchev–Trinajstić information content (AvgIpc) is 2.89. The highest BCUT2D eigenvalue weighted by atomic mass is 15.2. The van der Waals surface area contributed by atoms with Crippen LogP contribution in [0.5, 0.6) is 0 Å². The van der Waals surface area contributed by atoms with E-state index in [4.69, 9.17) is 0 Å². The lowest BCUT2D eigenvalue weighted by molar-refractivity contribution is 0.341. The van der Waals surface area contributed by atoms with E-state index >= 15 is 0 Å². The van der Waals surface area contributed by atoms with Crippen LogP contribution < -0.4 is 10.2 Å². The summed E-state index contributed by atoms with van der Waals surface area (Å²) in [4.78, 5) is 7.23. The number of pyridine rings is 1. The van der Waals surface area contributed by atoms with Crippen molar-refractivity contribution in [1.82, 2.24) is 10.3 Å². The Labute approximate surface area is 129 Å². The first-order chi connectivity index (χ1) is 10.0. The Morgan fingerprint density at radius 3 is 2.86 bits per heavy atom. The SMILES string of the molecule is CC(C)(C)NCc1ccnc(N2CCC3CCCCC32)c1. The van der Waals surface area contributed by atoms with E-state index < -0.39 is 0 Å². The van der Waals surface area contributed by atoms with Crippen LogP contribution in [0.25, 0.3) is 0 Å². The Hall–Kier alpha value is -1.09. The number of nitrogens with zero attached hydrogens (tertiary/aromatic N) is 2. The third kappa shape index (κ3) is 3.57. The van der Waals surface area contributed by atoms with E-state index in [0.29, 0.717) is 0 Å². The zero-order valence-corrected chi connectivity index (χ0v) is 13.7. The van der Waals surface area contributed by atoms with Crippen LogP contribution in [-0.4, -0.2) is 23.1 Å². The van der Waals surface area contributed by atoms with Gasteiger partial charge in [0.05, 0.1) is 0 Å². The number of anilines is 1. The summed E-state index contributed by atoms with van der Waals surface area (Å²) in [5.41, 5.74) is 1.50. The monoisotopic (exact) mass is 287 g/mol. The van der Waals surface area contributed by atoms with Crippen molar-refractivity contribution in [2.75, 3.05) is 11.4 Å². The number of hydrogen-bond donors (Lipinski definition) is 1. The van der Waals surface area contributed by atoms with Gasteiger partial charge in [-0.15, -0.1) is 0 Å². The molecule has 0 radical (unpaired) electrons. The minimum Gasteiger partial charge on any atom is -0.353 e. The van der Waals surface area contributed by atoms with E-state index in [1.807, 2.05) is 6.20 Å².